The lowest BCUT2D eigenvalue weighted by Crippen LogP contribution is -2.46. The monoisotopic (exact) mass is 431 g/mol. The van der Waals surface area contributed by atoms with E-state index in [1.165, 1.54) is 48.5 Å². The molecule has 1 saturated heterocycles. The van der Waals surface area contributed by atoms with Gasteiger partial charge in [-0.1, -0.05) is 10.6 Å². The summed E-state index contributed by atoms with van der Waals surface area (Å²) >= 11 is 0. The van der Waals surface area contributed by atoms with Gasteiger partial charge in [0.05, 0.1) is 0 Å². The molecule has 2 aromatic carbocycles. The van der Waals surface area contributed by atoms with Gasteiger partial charge < -0.3 is 20.4 Å². The third-order valence-corrected chi connectivity index (χ3v) is 5.48. The molecule has 2 aromatic rings. The summed E-state index contributed by atoms with van der Waals surface area (Å²) in [7, 11) is -2.73. The van der Waals surface area contributed by atoms with Crippen LogP contribution in [0.4, 0.5) is 10.1 Å². The van der Waals surface area contributed by atoms with Crippen LogP contribution in [0.2, 0.25) is 0 Å². The molecule has 1 aliphatic carbocycles. The second kappa shape index (κ2) is 10.4. The predicted molar refractivity (Wildman–Crippen MR) is 110 cm³/mol. The third-order valence-electron chi connectivity index (χ3n) is 4.78. The minimum Gasteiger partial charge on any atom is -0.591 e. The van der Waals surface area contributed by atoms with Crippen molar-refractivity contribution in [1.82, 2.24) is 10.2 Å². The van der Waals surface area contributed by atoms with Crippen LogP contribution in [0.3, 0.4) is 0 Å². The zero-order valence-electron chi connectivity index (χ0n) is 16.3. The van der Waals surface area contributed by atoms with E-state index in [-0.39, 0.29) is 10.9 Å². The van der Waals surface area contributed by atoms with Crippen LogP contribution in [0.15, 0.2) is 48.5 Å². The zero-order valence-corrected chi connectivity index (χ0v) is 17.2. The molecule has 7 nitrogen and oxygen atoms in total. The molecule has 0 spiro atoms. The van der Waals surface area contributed by atoms with Gasteiger partial charge in [-0.05, 0) is 49.2 Å². The topological polar surface area (TPSA) is 102 Å². The van der Waals surface area contributed by atoms with Crippen molar-refractivity contribution in [3.8, 4) is 0 Å². The Morgan fingerprint density at radius 2 is 1.77 bits per heavy atom. The first kappa shape index (κ1) is 22.0. The molecular weight excluding hydrogens is 408 g/mol. The van der Waals surface area contributed by atoms with Gasteiger partial charge in [0.25, 0.3) is 5.91 Å². The summed E-state index contributed by atoms with van der Waals surface area (Å²) in [5, 5.41) is 5.86. The van der Waals surface area contributed by atoms with Gasteiger partial charge >= 0.3 is 8.03 Å². The van der Waals surface area contributed by atoms with Gasteiger partial charge in [-0.3, -0.25) is 9.59 Å². The standard InChI is InChI=1S/C13H9FNO3P.C8H14N2O/c14-10-4-6-11(7-5-10)15-13(16)9-2-1-3-12(8-9)19(17)18;11-8(7-1-2-7)10-5-3-9-4-6-10/h1-8H,(H,15,16);7,9H,1-6H2. The molecule has 2 N–H and O–H groups in total. The molecule has 158 valence electrons. The first-order valence-corrected chi connectivity index (χ1v) is 10.9. The fraction of sp³-hybridized carbons (Fsp3) is 0.333. The highest BCUT2D eigenvalue weighted by Gasteiger charge is 2.33. The number of carbonyl (C=O) groups excluding carboxylic acids is 2. The van der Waals surface area contributed by atoms with E-state index in [2.05, 4.69) is 10.6 Å². The molecule has 2 fully saturated rings. The normalized spacial score (nSPS) is 16.2. The maximum absolute atomic E-state index is 12.7. The lowest BCUT2D eigenvalue weighted by molar-refractivity contribution is -0.160. The van der Waals surface area contributed by atoms with Crippen LogP contribution in [0.1, 0.15) is 23.2 Å². The van der Waals surface area contributed by atoms with E-state index in [0.717, 1.165) is 39.0 Å². The van der Waals surface area contributed by atoms with E-state index < -0.39 is 19.8 Å². The Morgan fingerprint density at radius 1 is 1.10 bits per heavy atom. The van der Waals surface area contributed by atoms with Crippen LogP contribution < -0.4 is 20.8 Å². The number of amides is 2. The Kier molecular flexibility index (Phi) is 7.63. The lowest BCUT2D eigenvalue weighted by Gasteiger charge is -2.27. The molecule has 1 atom stereocenters. The van der Waals surface area contributed by atoms with Crippen LogP contribution in [0.25, 0.3) is 0 Å². The van der Waals surface area contributed by atoms with Crippen molar-refractivity contribution in [2.75, 3.05) is 31.5 Å². The Balaban J connectivity index is 0.000000196. The molecule has 30 heavy (non-hydrogen) atoms. The Hall–Kier alpha value is -2.67. The van der Waals surface area contributed by atoms with E-state index in [1.54, 1.807) is 0 Å². The van der Waals surface area contributed by atoms with Gasteiger partial charge in [-0.25, -0.2) is 4.39 Å². The zero-order chi connectivity index (χ0) is 21.5. The van der Waals surface area contributed by atoms with Crippen molar-refractivity contribution in [3.05, 3.63) is 59.9 Å². The number of anilines is 1. The Morgan fingerprint density at radius 3 is 2.37 bits per heavy atom. The second-order valence-corrected chi connectivity index (χ2v) is 8.15. The van der Waals surface area contributed by atoms with Crippen LogP contribution in [0.5, 0.6) is 0 Å². The molecule has 4 rings (SSSR count). The molecule has 1 unspecified atom stereocenters. The first-order chi connectivity index (χ1) is 14.4. The number of carbonyl (C=O) groups is 2. The molecule has 1 aliphatic heterocycles. The summed E-state index contributed by atoms with van der Waals surface area (Å²) < 4.78 is 23.5. The average Bonchev–Trinajstić information content (AvgIpc) is 3.61. The SMILES string of the molecule is O=C(C1CC1)N1CCNCC1.O=C(Nc1ccc(F)cc1)c1cccc([P+](=O)[O-])c1. The van der Waals surface area contributed by atoms with E-state index in [0.29, 0.717) is 17.5 Å². The largest absolute Gasteiger partial charge is 0.591 e. The van der Waals surface area contributed by atoms with Gasteiger partial charge in [0, 0.05) is 49.4 Å². The van der Waals surface area contributed by atoms with E-state index in [1.807, 2.05) is 4.90 Å². The van der Waals surface area contributed by atoms with Crippen molar-refractivity contribution < 1.29 is 23.4 Å². The molecule has 0 aromatic heterocycles. The van der Waals surface area contributed by atoms with E-state index in [9.17, 15) is 23.4 Å². The van der Waals surface area contributed by atoms with Gasteiger partial charge in [0.2, 0.25) is 5.91 Å². The van der Waals surface area contributed by atoms with Crippen molar-refractivity contribution in [2.45, 2.75) is 12.8 Å². The summed E-state index contributed by atoms with van der Waals surface area (Å²) in [5.41, 5.74) is 0.657. The number of hydrogen-bond donors (Lipinski definition) is 2. The minimum atomic E-state index is -2.73. The number of nitrogens with one attached hydrogen (secondary N) is 2. The number of rotatable bonds is 4. The molecule has 1 saturated carbocycles. The highest BCUT2D eigenvalue weighted by Crippen LogP contribution is 2.30. The number of halogens is 1. The number of benzene rings is 2. The van der Waals surface area contributed by atoms with Crippen LogP contribution in [-0.2, 0) is 9.36 Å². The lowest BCUT2D eigenvalue weighted by atomic mass is 10.2. The van der Waals surface area contributed by atoms with Gasteiger partial charge in [0.15, 0.2) is 5.30 Å². The first-order valence-electron chi connectivity index (χ1n) is 9.75. The number of hydrogen-bond acceptors (Lipinski definition) is 5. The average molecular weight is 431 g/mol. The molecule has 9 heteroatoms. The van der Waals surface area contributed by atoms with Crippen molar-refractivity contribution >= 4 is 30.8 Å². The minimum absolute atomic E-state index is 0.0711. The molecule has 0 bridgehead atoms. The molecule has 0 radical (unpaired) electrons. The van der Waals surface area contributed by atoms with Crippen LogP contribution in [0, 0.1) is 11.7 Å². The molecule has 2 amide bonds. The van der Waals surface area contributed by atoms with Crippen LogP contribution >= 0.6 is 8.03 Å². The predicted octanol–water partition coefficient (Wildman–Crippen LogP) is 1.63. The molecular formula is C21H23FN3O4P. The fourth-order valence-corrected chi connectivity index (χ4v) is 3.42. The quantitative estimate of drug-likeness (QED) is 0.717. The summed E-state index contributed by atoms with van der Waals surface area (Å²) in [6.45, 7) is 3.77. The van der Waals surface area contributed by atoms with Gasteiger partial charge in [-0.2, -0.15) is 0 Å². The smallest absolute Gasteiger partial charge is 0.348 e. The van der Waals surface area contributed by atoms with Crippen LogP contribution in [-0.4, -0.2) is 42.9 Å². The number of nitrogens with zero attached hydrogens (tertiary/aromatic N) is 1. The van der Waals surface area contributed by atoms with Gasteiger partial charge in [-0.15, -0.1) is 0 Å². The van der Waals surface area contributed by atoms with Crippen molar-refractivity contribution in [2.24, 2.45) is 5.92 Å². The maximum Gasteiger partial charge on any atom is 0.348 e. The Bertz CT molecular complexity index is 913. The molecule has 2 aliphatic rings. The van der Waals surface area contributed by atoms with Gasteiger partial charge in [0.1, 0.15) is 5.82 Å². The van der Waals surface area contributed by atoms with Crippen molar-refractivity contribution in [1.29, 1.82) is 0 Å². The summed E-state index contributed by atoms with van der Waals surface area (Å²) in [6.07, 6.45) is 2.26. The summed E-state index contributed by atoms with van der Waals surface area (Å²) in [5.74, 6) is -0.0618. The van der Waals surface area contributed by atoms with E-state index >= 15 is 0 Å². The Labute approximate surface area is 175 Å². The highest BCUT2D eigenvalue weighted by atomic mass is 31.1. The molecule has 1 heterocycles. The second-order valence-electron chi connectivity index (χ2n) is 7.12. The summed E-state index contributed by atoms with van der Waals surface area (Å²) in [4.78, 5) is 36.2. The van der Waals surface area contributed by atoms with Crippen molar-refractivity contribution in [3.63, 3.8) is 0 Å². The van der Waals surface area contributed by atoms with E-state index in [4.69, 9.17) is 0 Å². The third kappa shape index (κ3) is 6.42. The highest BCUT2D eigenvalue weighted by molar-refractivity contribution is 7.45. The maximum atomic E-state index is 12.7. The fourth-order valence-electron chi connectivity index (χ4n) is 2.97. The summed E-state index contributed by atoms with van der Waals surface area (Å²) in [6, 6.07) is 11.0. The number of piperazine rings is 1.